The van der Waals surface area contributed by atoms with E-state index in [4.69, 9.17) is 0 Å². The molecule has 0 fully saturated rings. The number of nitro benzene ring substituents is 1. The normalized spacial score (nSPS) is 14.4. The Balaban J connectivity index is 3.19. The van der Waals surface area contributed by atoms with Crippen LogP contribution in [0.4, 0.5) is 11.4 Å². The summed E-state index contributed by atoms with van der Waals surface area (Å²) in [4.78, 5) is 9.90. The van der Waals surface area contributed by atoms with E-state index in [0.29, 0.717) is 0 Å². The lowest BCUT2D eigenvalue weighted by atomic mass is 10.3. The topological polar surface area (TPSA) is 118 Å². The molecule has 0 saturated carbocycles. The summed E-state index contributed by atoms with van der Waals surface area (Å²) in [6.45, 7) is 1.58. The molecule has 2 N–H and O–H groups in total. The fourth-order valence-electron chi connectivity index (χ4n) is 1.77. The van der Waals surface area contributed by atoms with Gasteiger partial charge in [0.15, 0.2) is 0 Å². The molecule has 21 heavy (non-hydrogen) atoms. The highest BCUT2D eigenvalue weighted by Gasteiger charge is 2.24. The van der Waals surface area contributed by atoms with Crippen molar-refractivity contribution in [1.82, 2.24) is 4.72 Å². The van der Waals surface area contributed by atoms with E-state index in [1.807, 2.05) is 0 Å². The van der Waals surface area contributed by atoms with Gasteiger partial charge in [-0.05, 0) is 13.0 Å². The molecular formula is C11H17N3O5S2. The Morgan fingerprint density at radius 3 is 2.52 bits per heavy atom. The first-order valence-electron chi connectivity index (χ1n) is 5.96. The predicted octanol–water partition coefficient (Wildman–Crippen LogP) is 0.682. The summed E-state index contributed by atoms with van der Waals surface area (Å²) >= 11 is 0. The number of nitro groups is 1. The molecule has 1 rings (SSSR count). The van der Waals surface area contributed by atoms with Crippen molar-refractivity contribution in [2.45, 2.75) is 17.9 Å². The minimum absolute atomic E-state index is 0.156. The van der Waals surface area contributed by atoms with Gasteiger partial charge in [0.05, 0.1) is 10.6 Å². The molecule has 0 amide bonds. The van der Waals surface area contributed by atoms with Crippen LogP contribution in [0, 0.1) is 10.1 Å². The SMILES string of the molecule is CNc1ccc([N+](=O)[O-])cc1S(=O)(=O)NC(C)CS(C)=O. The highest BCUT2D eigenvalue weighted by atomic mass is 32.2. The molecule has 0 bridgehead atoms. The molecule has 118 valence electrons. The maximum absolute atomic E-state index is 12.3. The van der Waals surface area contributed by atoms with Gasteiger partial charge >= 0.3 is 0 Å². The van der Waals surface area contributed by atoms with Crippen LogP contribution in [-0.2, 0) is 20.8 Å². The summed E-state index contributed by atoms with van der Waals surface area (Å²) in [5, 5.41) is 13.5. The fourth-order valence-corrected chi connectivity index (χ4v) is 4.14. The third-order valence-corrected chi connectivity index (χ3v) is 5.17. The number of hydrogen-bond acceptors (Lipinski definition) is 6. The summed E-state index contributed by atoms with van der Waals surface area (Å²) in [5.41, 5.74) is -0.0704. The molecule has 2 atom stereocenters. The van der Waals surface area contributed by atoms with Crippen molar-refractivity contribution in [3.63, 3.8) is 0 Å². The molecule has 0 aromatic heterocycles. The Morgan fingerprint density at radius 2 is 2.05 bits per heavy atom. The molecule has 0 spiro atoms. The van der Waals surface area contributed by atoms with E-state index >= 15 is 0 Å². The third kappa shape index (κ3) is 4.76. The molecule has 0 heterocycles. The van der Waals surface area contributed by atoms with Crippen LogP contribution in [0.25, 0.3) is 0 Å². The molecule has 0 aliphatic carbocycles. The zero-order valence-corrected chi connectivity index (χ0v) is 13.5. The van der Waals surface area contributed by atoms with Crippen LogP contribution in [0.15, 0.2) is 23.1 Å². The molecule has 1 aromatic carbocycles. The van der Waals surface area contributed by atoms with Crippen LogP contribution in [0.5, 0.6) is 0 Å². The lowest BCUT2D eigenvalue weighted by molar-refractivity contribution is -0.385. The highest BCUT2D eigenvalue weighted by Crippen LogP contribution is 2.26. The third-order valence-electron chi connectivity index (χ3n) is 2.58. The highest BCUT2D eigenvalue weighted by molar-refractivity contribution is 7.89. The van der Waals surface area contributed by atoms with Crippen LogP contribution in [0.1, 0.15) is 6.92 Å². The molecule has 0 saturated heterocycles. The van der Waals surface area contributed by atoms with E-state index in [2.05, 4.69) is 10.0 Å². The molecule has 2 unspecified atom stereocenters. The van der Waals surface area contributed by atoms with E-state index in [1.54, 1.807) is 6.92 Å². The Bertz CT molecular complexity index is 660. The first-order chi connectivity index (χ1) is 9.67. The maximum Gasteiger partial charge on any atom is 0.270 e. The number of rotatable bonds is 7. The lowest BCUT2D eigenvalue weighted by Crippen LogP contribution is -2.36. The second-order valence-corrected chi connectivity index (χ2v) is 7.61. The second-order valence-electron chi connectivity index (χ2n) is 4.45. The van der Waals surface area contributed by atoms with E-state index in [9.17, 15) is 22.7 Å². The van der Waals surface area contributed by atoms with E-state index < -0.39 is 31.8 Å². The minimum Gasteiger partial charge on any atom is -0.387 e. The number of nitrogens with zero attached hydrogens (tertiary/aromatic N) is 1. The van der Waals surface area contributed by atoms with Gasteiger partial charge in [0.25, 0.3) is 5.69 Å². The standard InChI is InChI=1S/C11H17N3O5S2/c1-8(7-20(3)17)13-21(18,19)11-6-9(14(15)16)4-5-10(11)12-2/h4-6,8,12-13H,7H2,1-3H3. The maximum atomic E-state index is 12.3. The van der Waals surface area contributed by atoms with Gasteiger partial charge in [-0.2, -0.15) is 0 Å². The number of non-ortho nitro benzene ring substituents is 1. The van der Waals surface area contributed by atoms with Gasteiger partial charge in [0.1, 0.15) is 4.90 Å². The summed E-state index contributed by atoms with van der Waals surface area (Å²) in [6.07, 6.45) is 1.47. The molecule has 0 aliphatic rings. The van der Waals surface area contributed by atoms with Crippen LogP contribution < -0.4 is 10.0 Å². The zero-order chi connectivity index (χ0) is 16.2. The average Bonchev–Trinajstić information content (AvgIpc) is 2.36. The van der Waals surface area contributed by atoms with Crippen LogP contribution >= 0.6 is 0 Å². The largest absolute Gasteiger partial charge is 0.387 e. The molecule has 10 heteroatoms. The first kappa shape index (κ1) is 17.5. The monoisotopic (exact) mass is 335 g/mol. The van der Waals surface area contributed by atoms with Crippen molar-refractivity contribution in [3.8, 4) is 0 Å². The Kier molecular flexibility index (Phi) is 5.81. The van der Waals surface area contributed by atoms with E-state index in [1.165, 1.54) is 25.4 Å². The van der Waals surface area contributed by atoms with Crippen LogP contribution in [0.3, 0.4) is 0 Å². The molecular weight excluding hydrogens is 318 g/mol. The molecule has 8 nitrogen and oxygen atoms in total. The van der Waals surface area contributed by atoms with E-state index in [0.717, 1.165) is 6.07 Å². The van der Waals surface area contributed by atoms with Crippen molar-refractivity contribution in [1.29, 1.82) is 0 Å². The Hall–Kier alpha value is -1.52. The molecule has 0 aliphatic heterocycles. The van der Waals surface area contributed by atoms with Crippen molar-refractivity contribution in [3.05, 3.63) is 28.3 Å². The summed E-state index contributed by atoms with van der Waals surface area (Å²) in [5.74, 6) is 0.156. The smallest absolute Gasteiger partial charge is 0.270 e. The minimum atomic E-state index is -3.96. The summed E-state index contributed by atoms with van der Waals surface area (Å²) < 4.78 is 38.1. The van der Waals surface area contributed by atoms with Crippen molar-refractivity contribution < 1.29 is 17.6 Å². The van der Waals surface area contributed by atoms with E-state index in [-0.39, 0.29) is 22.0 Å². The van der Waals surface area contributed by atoms with Gasteiger partial charge < -0.3 is 5.32 Å². The number of sulfonamides is 1. The quantitative estimate of drug-likeness (QED) is 0.559. The average molecular weight is 335 g/mol. The number of benzene rings is 1. The summed E-state index contributed by atoms with van der Waals surface area (Å²) in [6, 6.07) is 2.99. The van der Waals surface area contributed by atoms with Crippen molar-refractivity contribution in [2.75, 3.05) is 24.4 Å². The van der Waals surface area contributed by atoms with Gasteiger partial charge in [-0.15, -0.1) is 0 Å². The van der Waals surface area contributed by atoms with Gasteiger partial charge in [0.2, 0.25) is 10.0 Å². The predicted molar refractivity (Wildman–Crippen MR) is 81.4 cm³/mol. The van der Waals surface area contributed by atoms with Crippen LogP contribution in [-0.4, -0.2) is 42.6 Å². The number of anilines is 1. The van der Waals surface area contributed by atoms with Crippen molar-refractivity contribution in [2.24, 2.45) is 0 Å². The Labute approximate surface area is 125 Å². The van der Waals surface area contributed by atoms with Gasteiger partial charge in [-0.25, -0.2) is 13.1 Å². The number of nitrogens with one attached hydrogen (secondary N) is 2. The lowest BCUT2D eigenvalue weighted by Gasteiger charge is -2.15. The first-order valence-corrected chi connectivity index (χ1v) is 9.17. The van der Waals surface area contributed by atoms with Crippen molar-refractivity contribution >= 4 is 32.2 Å². The zero-order valence-electron chi connectivity index (χ0n) is 11.8. The van der Waals surface area contributed by atoms with Gasteiger partial charge in [-0.3, -0.25) is 14.3 Å². The fraction of sp³-hybridized carbons (Fsp3) is 0.455. The van der Waals surface area contributed by atoms with Gasteiger partial charge in [-0.1, -0.05) is 0 Å². The summed E-state index contributed by atoms with van der Waals surface area (Å²) in [7, 11) is -3.59. The molecule has 0 radical (unpaired) electrons. The second kappa shape index (κ2) is 6.96. The number of hydrogen-bond donors (Lipinski definition) is 2. The molecule has 1 aromatic rings. The van der Waals surface area contributed by atoms with Gasteiger partial charge in [0, 0.05) is 48.0 Å². The Morgan fingerprint density at radius 1 is 1.43 bits per heavy atom. The van der Waals surface area contributed by atoms with Crippen LogP contribution in [0.2, 0.25) is 0 Å².